The van der Waals surface area contributed by atoms with Crippen LogP contribution in [-0.2, 0) is 16.1 Å². The fourth-order valence-electron chi connectivity index (χ4n) is 3.90. The molecule has 1 N–H and O–H groups in total. The van der Waals surface area contributed by atoms with Crippen molar-refractivity contribution in [2.75, 3.05) is 25.5 Å². The number of thioether (sulfide) groups is 1. The first-order valence-corrected chi connectivity index (χ1v) is 12.0. The van der Waals surface area contributed by atoms with Crippen LogP contribution in [0.3, 0.4) is 0 Å². The van der Waals surface area contributed by atoms with Gasteiger partial charge in [0.1, 0.15) is 16.8 Å². The lowest BCUT2D eigenvalue weighted by Gasteiger charge is -2.27. The van der Waals surface area contributed by atoms with Crippen molar-refractivity contribution in [1.29, 1.82) is 0 Å². The summed E-state index contributed by atoms with van der Waals surface area (Å²) in [5.41, 5.74) is 1.09. The number of aryl methyl sites for hydroxylation is 1. The second-order valence-electron chi connectivity index (χ2n) is 8.39. The van der Waals surface area contributed by atoms with E-state index in [4.69, 9.17) is 4.42 Å². The third-order valence-electron chi connectivity index (χ3n) is 5.68. The monoisotopic (exact) mass is 468 g/mol. The number of nitrogens with one attached hydrogen (secondary N) is 1. The molecule has 33 heavy (non-hydrogen) atoms. The van der Waals surface area contributed by atoms with E-state index in [0.717, 1.165) is 42.6 Å². The average Bonchev–Trinajstić information content (AvgIpc) is 3.39. The van der Waals surface area contributed by atoms with Crippen molar-refractivity contribution in [3.63, 3.8) is 0 Å². The Morgan fingerprint density at radius 1 is 1.15 bits per heavy atom. The van der Waals surface area contributed by atoms with E-state index < -0.39 is 5.25 Å². The molecule has 0 unspecified atom stereocenters. The fourth-order valence-corrected chi connectivity index (χ4v) is 5.02. The SMILES string of the molecule is Cc1ccc(CN(C)C(=O)c2ccc(NC(=O)C[C@@H]3SC(N4CCCCC4)=NC3=O)cc2)o1. The van der Waals surface area contributed by atoms with E-state index in [1.165, 1.54) is 18.2 Å². The maximum absolute atomic E-state index is 12.7. The molecule has 2 aliphatic rings. The highest BCUT2D eigenvalue weighted by molar-refractivity contribution is 8.15. The van der Waals surface area contributed by atoms with E-state index in [0.29, 0.717) is 17.8 Å². The minimum Gasteiger partial charge on any atom is -0.464 e. The lowest BCUT2D eigenvalue weighted by Crippen LogP contribution is -2.33. The summed E-state index contributed by atoms with van der Waals surface area (Å²) in [5.74, 6) is 0.890. The Balaban J connectivity index is 1.27. The molecule has 8 nitrogen and oxygen atoms in total. The lowest BCUT2D eigenvalue weighted by atomic mass is 10.1. The zero-order chi connectivity index (χ0) is 23.4. The smallest absolute Gasteiger partial charge is 0.262 e. The molecule has 0 aliphatic carbocycles. The van der Waals surface area contributed by atoms with Crippen LogP contribution in [0.1, 0.15) is 47.6 Å². The Kier molecular flexibility index (Phi) is 7.17. The van der Waals surface area contributed by atoms with Crippen LogP contribution in [0, 0.1) is 6.92 Å². The number of aliphatic imine (C=N–C) groups is 1. The largest absolute Gasteiger partial charge is 0.464 e. The van der Waals surface area contributed by atoms with Crippen molar-refractivity contribution < 1.29 is 18.8 Å². The Morgan fingerprint density at radius 3 is 2.55 bits per heavy atom. The van der Waals surface area contributed by atoms with Crippen LogP contribution >= 0.6 is 11.8 Å². The van der Waals surface area contributed by atoms with Gasteiger partial charge < -0.3 is 19.5 Å². The maximum Gasteiger partial charge on any atom is 0.262 e. The topological polar surface area (TPSA) is 95.2 Å². The zero-order valence-electron chi connectivity index (χ0n) is 18.9. The highest BCUT2D eigenvalue weighted by Crippen LogP contribution is 2.29. The fraction of sp³-hybridized carbons (Fsp3) is 0.417. The van der Waals surface area contributed by atoms with Gasteiger partial charge in [0.25, 0.3) is 11.8 Å². The average molecular weight is 469 g/mol. The summed E-state index contributed by atoms with van der Waals surface area (Å²) in [6, 6.07) is 10.4. The summed E-state index contributed by atoms with van der Waals surface area (Å²) in [4.78, 5) is 45.3. The molecule has 0 radical (unpaired) electrons. The highest BCUT2D eigenvalue weighted by Gasteiger charge is 2.33. The molecule has 174 valence electrons. The van der Waals surface area contributed by atoms with Gasteiger partial charge in [-0.05, 0) is 62.6 Å². The van der Waals surface area contributed by atoms with Gasteiger partial charge in [0.05, 0.1) is 6.54 Å². The first kappa shape index (κ1) is 23.1. The number of rotatable bonds is 6. The lowest BCUT2D eigenvalue weighted by molar-refractivity contribution is -0.121. The third-order valence-corrected chi connectivity index (χ3v) is 6.89. The molecule has 2 aliphatic heterocycles. The number of hydrogen-bond acceptors (Lipinski definition) is 6. The van der Waals surface area contributed by atoms with Crippen molar-refractivity contribution in [2.45, 2.75) is 44.4 Å². The maximum atomic E-state index is 12.7. The molecule has 1 aromatic heterocycles. The number of likely N-dealkylation sites (tertiary alicyclic amines) is 1. The number of hydrogen-bond donors (Lipinski definition) is 1. The van der Waals surface area contributed by atoms with E-state index in [9.17, 15) is 14.4 Å². The van der Waals surface area contributed by atoms with Crippen LogP contribution in [0.5, 0.6) is 0 Å². The first-order valence-electron chi connectivity index (χ1n) is 11.1. The molecule has 3 heterocycles. The van der Waals surface area contributed by atoms with Gasteiger partial charge in [-0.1, -0.05) is 11.8 Å². The second-order valence-corrected chi connectivity index (χ2v) is 9.56. The zero-order valence-corrected chi connectivity index (χ0v) is 19.7. The van der Waals surface area contributed by atoms with Gasteiger partial charge in [-0.3, -0.25) is 14.4 Å². The molecule has 0 saturated carbocycles. The van der Waals surface area contributed by atoms with Crippen LogP contribution in [-0.4, -0.2) is 58.1 Å². The van der Waals surface area contributed by atoms with Gasteiger partial charge in [0, 0.05) is 37.8 Å². The standard InChI is InChI=1S/C24H28N4O4S/c1-16-6-11-19(32-16)15-27(2)23(31)17-7-9-18(10-8-17)25-21(29)14-20-22(30)26-24(33-20)28-12-4-3-5-13-28/h6-11,20H,3-5,12-15H2,1-2H3,(H,25,29)/t20-/m0/s1. The number of carbonyl (C=O) groups is 3. The molecule has 1 fully saturated rings. The van der Waals surface area contributed by atoms with E-state index in [1.807, 2.05) is 19.1 Å². The summed E-state index contributed by atoms with van der Waals surface area (Å²) in [6.45, 7) is 4.07. The van der Waals surface area contributed by atoms with E-state index in [1.54, 1.807) is 36.2 Å². The predicted molar refractivity (Wildman–Crippen MR) is 128 cm³/mol. The van der Waals surface area contributed by atoms with Crippen LogP contribution in [0.15, 0.2) is 45.8 Å². The summed E-state index contributed by atoms with van der Waals surface area (Å²) in [7, 11) is 1.71. The summed E-state index contributed by atoms with van der Waals surface area (Å²) >= 11 is 1.38. The Labute approximate surface area is 197 Å². The van der Waals surface area contributed by atoms with Gasteiger partial charge >= 0.3 is 0 Å². The molecule has 9 heteroatoms. The van der Waals surface area contributed by atoms with Crippen molar-refractivity contribution in [2.24, 2.45) is 4.99 Å². The highest BCUT2D eigenvalue weighted by atomic mass is 32.2. The van der Waals surface area contributed by atoms with Gasteiger partial charge in [-0.15, -0.1) is 0 Å². The molecule has 1 atom stereocenters. The number of carbonyl (C=O) groups excluding carboxylic acids is 3. The van der Waals surface area contributed by atoms with Crippen molar-refractivity contribution in [1.82, 2.24) is 9.80 Å². The molecule has 2 aromatic rings. The van der Waals surface area contributed by atoms with Crippen LogP contribution in [0.4, 0.5) is 5.69 Å². The van der Waals surface area contributed by atoms with Crippen molar-refractivity contribution in [3.05, 3.63) is 53.5 Å². The van der Waals surface area contributed by atoms with Gasteiger partial charge in [0.15, 0.2) is 5.17 Å². The minimum absolute atomic E-state index is 0.0658. The van der Waals surface area contributed by atoms with E-state index in [2.05, 4.69) is 15.2 Å². The summed E-state index contributed by atoms with van der Waals surface area (Å²) < 4.78 is 5.53. The molecular weight excluding hydrogens is 440 g/mol. The summed E-state index contributed by atoms with van der Waals surface area (Å²) in [6.07, 6.45) is 3.49. The number of benzene rings is 1. The normalized spacial score (nSPS) is 18.2. The van der Waals surface area contributed by atoms with Crippen LogP contribution in [0.25, 0.3) is 0 Å². The van der Waals surface area contributed by atoms with Gasteiger partial charge in [0.2, 0.25) is 5.91 Å². The number of amidine groups is 1. The number of amides is 3. The molecular formula is C24H28N4O4S. The van der Waals surface area contributed by atoms with Crippen molar-refractivity contribution in [3.8, 4) is 0 Å². The van der Waals surface area contributed by atoms with Crippen LogP contribution < -0.4 is 5.32 Å². The van der Waals surface area contributed by atoms with Gasteiger partial charge in [-0.2, -0.15) is 4.99 Å². The molecule has 0 bridgehead atoms. The molecule has 0 spiro atoms. The Hall–Kier alpha value is -3.07. The molecule has 3 amide bonds. The number of nitrogens with zero attached hydrogens (tertiary/aromatic N) is 3. The van der Waals surface area contributed by atoms with Crippen LogP contribution in [0.2, 0.25) is 0 Å². The number of piperidine rings is 1. The van der Waals surface area contributed by atoms with Crippen molar-refractivity contribution >= 4 is 40.3 Å². The Morgan fingerprint density at radius 2 is 1.88 bits per heavy atom. The first-order chi connectivity index (χ1) is 15.9. The number of anilines is 1. The predicted octanol–water partition coefficient (Wildman–Crippen LogP) is 3.67. The second kappa shape index (κ2) is 10.2. The third kappa shape index (κ3) is 5.84. The molecule has 1 aromatic carbocycles. The number of furan rings is 1. The quantitative estimate of drug-likeness (QED) is 0.695. The van der Waals surface area contributed by atoms with E-state index in [-0.39, 0.29) is 24.1 Å². The van der Waals surface area contributed by atoms with E-state index >= 15 is 0 Å². The minimum atomic E-state index is -0.485. The Bertz CT molecular complexity index is 1060. The molecule has 1 saturated heterocycles. The van der Waals surface area contributed by atoms with Gasteiger partial charge in [-0.25, -0.2) is 0 Å². The molecule has 4 rings (SSSR count). The summed E-state index contributed by atoms with van der Waals surface area (Å²) in [5, 5.41) is 3.07.